The molecule has 5 N–H and O–H groups in total. The summed E-state index contributed by atoms with van der Waals surface area (Å²) in [5.74, 6) is 3.55. The van der Waals surface area contributed by atoms with Gasteiger partial charge in [0, 0.05) is 23.7 Å². The fraction of sp³-hybridized carbons (Fsp3) is 0.321. The van der Waals surface area contributed by atoms with Crippen molar-refractivity contribution in [1.29, 1.82) is 0 Å². The number of alkyl halides is 2. The molecule has 0 saturated heterocycles. The van der Waals surface area contributed by atoms with E-state index in [2.05, 4.69) is 32.4 Å². The lowest BCUT2D eigenvalue weighted by Crippen LogP contribution is -2.43. The summed E-state index contributed by atoms with van der Waals surface area (Å²) in [5, 5.41) is 25.0. The zero-order valence-corrected chi connectivity index (χ0v) is 20.5. The van der Waals surface area contributed by atoms with Crippen LogP contribution in [0.1, 0.15) is 46.7 Å². The summed E-state index contributed by atoms with van der Waals surface area (Å²) in [6, 6.07) is 15.3. The van der Waals surface area contributed by atoms with Gasteiger partial charge in [-0.3, -0.25) is 9.59 Å². The molecule has 4 rings (SSSR count). The van der Waals surface area contributed by atoms with Crippen LogP contribution in [0, 0.1) is 11.8 Å². The number of amides is 1. The van der Waals surface area contributed by atoms with Crippen LogP contribution in [0.25, 0.3) is 0 Å². The van der Waals surface area contributed by atoms with E-state index < -0.39 is 36.1 Å². The van der Waals surface area contributed by atoms with Crippen molar-refractivity contribution in [1.82, 2.24) is 20.6 Å². The van der Waals surface area contributed by atoms with Crippen molar-refractivity contribution >= 4 is 5.91 Å². The van der Waals surface area contributed by atoms with E-state index in [4.69, 9.17) is 0 Å². The van der Waals surface area contributed by atoms with E-state index in [9.17, 15) is 28.6 Å². The zero-order valence-electron chi connectivity index (χ0n) is 20.5. The Kier molecular flexibility index (Phi) is 8.84. The van der Waals surface area contributed by atoms with Crippen molar-refractivity contribution in [3.63, 3.8) is 0 Å². The maximum atomic E-state index is 12.6. The molecule has 0 aliphatic heterocycles. The van der Waals surface area contributed by atoms with Gasteiger partial charge >= 0.3 is 0 Å². The van der Waals surface area contributed by atoms with Crippen LogP contribution in [0.15, 0.2) is 59.7 Å². The lowest BCUT2D eigenvalue weighted by molar-refractivity contribution is -0.123. The van der Waals surface area contributed by atoms with E-state index in [0.717, 1.165) is 42.4 Å². The van der Waals surface area contributed by atoms with Crippen LogP contribution in [0.5, 0.6) is 5.75 Å². The Morgan fingerprint density at radius 3 is 2.24 bits per heavy atom. The van der Waals surface area contributed by atoms with Crippen molar-refractivity contribution in [3.05, 3.63) is 93.2 Å². The van der Waals surface area contributed by atoms with Gasteiger partial charge in [-0.2, -0.15) is 0 Å². The number of nitrogens with zero attached hydrogens (tertiary/aromatic N) is 1. The molecule has 2 aromatic carbocycles. The minimum atomic E-state index is -2.74. The second-order valence-corrected chi connectivity index (χ2v) is 9.21. The monoisotopic (exact) mass is 522 g/mol. The predicted molar refractivity (Wildman–Crippen MR) is 137 cm³/mol. The van der Waals surface area contributed by atoms with Crippen molar-refractivity contribution in [2.75, 3.05) is 6.54 Å². The first kappa shape index (κ1) is 27.0. The molecule has 10 heteroatoms. The highest BCUT2D eigenvalue weighted by Gasteiger charge is 2.27. The number of aromatic amines is 1. The minimum Gasteiger partial charge on any atom is -0.502 e. The number of rotatable bonds is 9. The van der Waals surface area contributed by atoms with Crippen LogP contribution >= 0.6 is 0 Å². The van der Waals surface area contributed by atoms with Gasteiger partial charge in [-0.15, -0.1) is 0 Å². The maximum Gasteiger partial charge on any atom is 0.293 e. The Balaban J connectivity index is 1.41. The smallest absolute Gasteiger partial charge is 0.293 e. The predicted octanol–water partition coefficient (Wildman–Crippen LogP) is 2.20. The SMILES string of the molecule is O=C(NCC(F)F)C(Cc1ccc(C#Cc2ccc(CNC3CC(O)C3)cc2)cc1)c1nc[nH]c(=O)c1O. The highest BCUT2D eigenvalue weighted by Crippen LogP contribution is 2.25. The van der Waals surface area contributed by atoms with E-state index in [1.54, 1.807) is 24.3 Å². The number of carbonyl (C=O) groups is 1. The summed E-state index contributed by atoms with van der Waals surface area (Å²) >= 11 is 0. The molecule has 0 spiro atoms. The van der Waals surface area contributed by atoms with Gasteiger partial charge in [-0.25, -0.2) is 13.8 Å². The van der Waals surface area contributed by atoms with Gasteiger partial charge in [0.05, 0.1) is 24.9 Å². The number of carbonyl (C=O) groups excluding carboxylic acids is 1. The lowest BCUT2D eigenvalue weighted by Gasteiger charge is -2.32. The number of H-pyrrole nitrogens is 1. The molecule has 1 amide bonds. The van der Waals surface area contributed by atoms with Gasteiger partial charge < -0.3 is 25.8 Å². The third-order valence-corrected chi connectivity index (χ3v) is 6.34. The second-order valence-electron chi connectivity index (χ2n) is 9.21. The molecular weight excluding hydrogens is 494 g/mol. The molecule has 1 aromatic heterocycles. The van der Waals surface area contributed by atoms with Crippen molar-refractivity contribution in [2.45, 2.75) is 50.3 Å². The quantitative estimate of drug-likeness (QED) is 0.274. The van der Waals surface area contributed by atoms with Gasteiger partial charge in [0.2, 0.25) is 11.7 Å². The van der Waals surface area contributed by atoms with Gasteiger partial charge in [0.25, 0.3) is 12.0 Å². The molecule has 1 aliphatic rings. The highest BCUT2D eigenvalue weighted by molar-refractivity contribution is 5.84. The molecule has 1 atom stereocenters. The molecule has 198 valence electrons. The summed E-state index contributed by atoms with van der Waals surface area (Å²) in [5.41, 5.74) is 2.38. The number of nitrogens with one attached hydrogen (secondary N) is 3. The Labute approximate surface area is 218 Å². The van der Waals surface area contributed by atoms with Crippen LogP contribution in [-0.2, 0) is 17.8 Å². The fourth-order valence-electron chi connectivity index (χ4n) is 4.10. The van der Waals surface area contributed by atoms with Crippen LogP contribution in [0.3, 0.4) is 0 Å². The average molecular weight is 523 g/mol. The Hall–Kier alpha value is -4.07. The number of aliphatic hydroxyl groups is 1. The summed E-state index contributed by atoms with van der Waals surface area (Å²) in [7, 11) is 0. The number of aliphatic hydroxyl groups excluding tert-OH is 1. The third kappa shape index (κ3) is 7.25. The van der Waals surface area contributed by atoms with E-state index in [1.807, 2.05) is 24.3 Å². The van der Waals surface area contributed by atoms with E-state index in [-0.39, 0.29) is 18.2 Å². The topological polar surface area (TPSA) is 127 Å². The molecule has 38 heavy (non-hydrogen) atoms. The molecule has 1 saturated carbocycles. The number of aromatic hydroxyl groups is 1. The van der Waals surface area contributed by atoms with Gasteiger partial charge in [0.15, 0.2) is 0 Å². The van der Waals surface area contributed by atoms with Crippen LogP contribution in [-0.4, -0.2) is 51.2 Å². The van der Waals surface area contributed by atoms with E-state index in [1.165, 1.54) is 0 Å². The molecule has 1 unspecified atom stereocenters. The zero-order chi connectivity index (χ0) is 27.1. The van der Waals surface area contributed by atoms with E-state index in [0.29, 0.717) is 11.6 Å². The molecule has 8 nitrogen and oxygen atoms in total. The number of halogens is 2. The van der Waals surface area contributed by atoms with Crippen LogP contribution in [0.2, 0.25) is 0 Å². The van der Waals surface area contributed by atoms with Crippen LogP contribution < -0.4 is 16.2 Å². The van der Waals surface area contributed by atoms with Crippen molar-refractivity contribution < 1.29 is 23.8 Å². The summed E-state index contributed by atoms with van der Waals surface area (Å²) in [4.78, 5) is 30.5. The normalized spacial score (nSPS) is 17.3. The van der Waals surface area contributed by atoms with Crippen LogP contribution in [0.4, 0.5) is 8.78 Å². The largest absolute Gasteiger partial charge is 0.502 e. The van der Waals surface area contributed by atoms with Crippen molar-refractivity contribution in [3.8, 4) is 17.6 Å². The molecule has 3 aromatic rings. The molecule has 0 radical (unpaired) electrons. The molecule has 1 aliphatic carbocycles. The average Bonchev–Trinajstić information content (AvgIpc) is 2.89. The third-order valence-electron chi connectivity index (χ3n) is 6.34. The summed E-state index contributed by atoms with van der Waals surface area (Å²) in [6.07, 6.45) is -0.263. The highest BCUT2D eigenvalue weighted by atomic mass is 19.3. The first-order chi connectivity index (χ1) is 18.3. The standard InChI is InChI=1S/C28H28F2N4O4/c29-24(30)15-32-27(37)23(25-26(36)28(38)34-16-33-25)11-19-7-3-17(4-8-19)1-2-18-5-9-20(10-6-18)14-31-21-12-22(35)13-21/h3-10,16,21-24,31,35-36H,11-15H2,(H,32,37)(H,33,34,38). The number of benzene rings is 2. The number of hydrogen-bond acceptors (Lipinski definition) is 6. The number of aromatic nitrogens is 2. The summed E-state index contributed by atoms with van der Waals surface area (Å²) < 4.78 is 25.2. The fourth-order valence-corrected chi connectivity index (χ4v) is 4.10. The molecular formula is C28H28F2N4O4. The first-order valence-electron chi connectivity index (χ1n) is 12.2. The summed E-state index contributed by atoms with van der Waals surface area (Å²) in [6.45, 7) is -0.117. The van der Waals surface area contributed by atoms with E-state index >= 15 is 0 Å². The first-order valence-corrected chi connectivity index (χ1v) is 12.2. The van der Waals surface area contributed by atoms with Gasteiger partial charge in [-0.1, -0.05) is 36.1 Å². The second kappa shape index (κ2) is 12.4. The van der Waals surface area contributed by atoms with Gasteiger partial charge in [0.1, 0.15) is 5.69 Å². The van der Waals surface area contributed by atoms with Gasteiger partial charge in [-0.05, 0) is 54.7 Å². The number of hydrogen-bond donors (Lipinski definition) is 5. The Morgan fingerprint density at radius 1 is 1.05 bits per heavy atom. The molecule has 0 bridgehead atoms. The Bertz CT molecular complexity index is 1360. The lowest BCUT2D eigenvalue weighted by atomic mass is 9.89. The molecule has 1 heterocycles. The Morgan fingerprint density at radius 2 is 1.66 bits per heavy atom. The minimum absolute atomic E-state index is 0.0299. The van der Waals surface area contributed by atoms with Crippen molar-refractivity contribution in [2.24, 2.45) is 0 Å². The maximum absolute atomic E-state index is 12.6. The molecule has 1 fully saturated rings.